The van der Waals surface area contributed by atoms with Gasteiger partial charge >= 0.3 is 11.7 Å². The second-order valence-corrected chi connectivity index (χ2v) is 6.80. The molecule has 3 aromatic rings. The van der Waals surface area contributed by atoms with E-state index >= 15 is 0 Å². The first-order chi connectivity index (χ1) is 14.3. The SMILES string of the molecule is CCOC(=O)c1cn(Cc2nnn(C[C@H](O)c3ccc(Cl)cc3)n2)c(=O)n(C)c1=O. The van der Waals surface area contributed by atoms with Crippen molar-refractivity contribution in [1.29, 1.82) is 0 Å². The fourth-order valence-electron chi connectivity index (χ4n) is 2.70. The van der Waals surface area contributed by atoms with Crippen LogP contribution < -0.4 is 11.2 Å². The Hall–Kier alpha value is -3.31. The number of halogens is 1. The second-order valence-electron chi connectivity index (χ2n) is 6.37. The van der Waals surface area contributed by atoms with E-state index in [0.717, 1.165) is 15.3 Å². The van der Waals surface area contributed by atoms with Crippen LogP contribution in [0.15, 0.2) is 40.1 Å². The van der Waals surface area contributed by atoms with Gasteiger partial charge in [0.2, 0.25) is 0 Å². The van der Waals surface area contributed by atoms with Gasteiger partial charge in [-0.05, 0) is 29.8 Å². The average Bonchev–Trinajstić information content (AvgIpc) is 3.15. The van der Waals surface area contributed by atoms with E-state index in [0.29, 0.717) is 10.6 Å². The normalized spacial score (nSPS) is 12.0. The Balaban J connectivity index is 1.80. The third kappa shape index (κ3) is 4.63. The van der Waals surface area contributed by atoms with Crippen molar-refractivity contribution in [1.82, 2.24) is 29.3 Å². The van der Waals surface area contributed by atoms with Gasteiger partial charge in [0.15, 0.2) is 5.82 Å². The number of ether oxygens (including phenoxy) is 1. The Morgan fingerprint density at radius 3 is 2.63 bits per heavy atom. The number of carbonyl (C=O) groups is 1. The van der Waals surface area contributed by atoms with Gasteiger partial charge in [-0.1, -0.05) is 23.7 Å². The molecule has 30 heavy (non-hydrogen) atoms. The van der Waals surface area contributed by atoms with E-state index in [-0.39, 0.29) is 31.1 Å². The lowest BCUT2D eigenvalue weighted by molar-refractivity contribution is 0.0522. The molecule has 0 saturated carbocycles. The molecule has 1 aromatic carbocycles. The Bertz CT molecular complexity index is 1170. The molecule has 12 heteroatoms. The highest BCUT2D eigenvalue weighted by molar-refractivity contribution is 6.30. The summed E-state index contributed by atoms with van der Waals surface area (Å²) in [5, 5.41) is 22.7. The molecule has 0 radical (unpaired) electrons. The van der Waals surface area contributed by atoms with Crippen LogP contribution in [0.2, 0.25) is 5.02 Å². The lowest BCUT2D eigenvalue weighted by atomic mass is 10.1. The zero-order valence-corrected chi connectivity index (χ0v) is 17.0. The summed E-state index contributed by atoms with van der Waals surface area (Å²) in [4.78, 5) is 37.7. The minimum atomic E-state index is -0.889. The van der Waals surface area contributed by atoms with Gasteiger partial charge in [-0.15, -0.1) is 10.2 Å². The van der Waals surface area contributed by atoms with Crippen molar-refractivity contribution in [2.45, 2.75) is 26.1 Å². The summed E-state index contributed by atoms with van der Waals surface area (Å²) < 4.78 is 6.78. The molecule has 0 aliphatic heterocycles. The lowest BCUT2D eigenvalue weighted by Gasteiger charge is -2.10. The van der Waals surface area contributed by atoms with Gasteiger partial charge < -0.3 is 9.84 Å². The van der Waals surface area contributed by atoms with Crippen LogP contribution in [0.5, 0.6) is 0 Å². The molecule has 158 valence electrons. The molecule has 2 heterocycles. The van der Waals surface area contributed by atoms with Crippen LogP contribution in [0, 0.1) is 0 Å². The van der Waals surface area contributed by atoms with Crippen LogP contribution >= 0.6 is 11.6 Å². The van der Waals surface area contributed by atoms with Gasteiger partial charge in [0.25, 0.3) is 5.56 Å². The van der Waals surface area contributed by atoms with Crippen molar-refractivity contribution in [2.24, 2.45) is 7.05 Å². The van der Waals surface area contributed by atoms with Crippen LogP contribution in [0.4, 0.5) is 0 Å². The van der Waals surface area contributed by atoms with E-state index in [4.69, 9.17) is 16.3 Å². The van der Waals surface area contributed by atoms with Gasteiger partial charge in [0, 0.05) is 18.3 Å². The lowest BCUT2D eigenvalue weighted by Crippen LogP contribution is -2.41. The van der Waals surface area contributed by atoms with E-state index in [1.54, 1.807) is 31.2 Å². The Labute approximate surface area is 175 Å². The zero-order valence-electron chi connectivity index (χ0n) is 16.2. The fraction of sp³-hybridized carbons (Fsp3) is 0.333. The number of rotatable bonds is 7. The van der Waals surface area contributed by atoms with Crippen LogP contribution in [0.25, 0.3) is 0 Å². The number of carbonyl (C=O) groups excluding carboxylic acids is 1. The fourth-order valence-corrected chi connectivity index (χ4v) is 2.83. The highest BCUT2D eigenvalue weighted by Gasteiger charge is 2.18. The van der Waals surface area contributed by atoms with Gasteiger partial charge in [0.1, 0.15) is 11.7 Å². The van der Waals surface area contributed by atoms with Gasteiger partial charge in [-0.25, -0.2) is 9.59 Å². The third-order valence-corrected chi connectivity index (χ3v) is 4.50. The van der Waals surface area contributed by atoms with Crippen LogP contribution in [-0.4, -0.2) is 47.0 Å². The molecule has 1 N–H and O–H groups in total. The smallest absolute Gasteiger partial charge is 0.345 e. The van der Waals surface area contributed by atoms with Crippen molar-refractivity contribution < 1.29 is 14.6 Å². The van der Waals surface area contributed by atoms with E-state index in [2.05, 4.69) is 15.4 Å². The largest absolute Gasteiger partial charge is 0.462 e. The standard InChI is InChI=1S/C18H19ClN6O5/c1-3-30-17(28)13-8-24(18(29)23(2)16(13)27)10-15-20-22-25(21-15)9-14(26)11-4-6-12(19)7-5-11/h4-8,14,26H,3,9-10H2,1-2H3/t14-/m0/s1. The van der Waals surface area contributed by atoms with Crippen molar-refractivity contribution in [3.8, 4) is 0 Å². The zero-order chi connectivity index (χ0) is 21.8. The molecule has 2 aromatic heterocycles. The maximum atomic E-state index is 12.4. The molecule has 0 amide bonds. The molecule has 0 aliphatic rings. The minimum absolute atomic E-state index is 0.0326. The number of esters is 1. The highest BCUT2D eigenvalue weighted by Crippen LogP contribution is 2.17. The maximum absolute atomic E-state index is 12.4. The van der Waals surface area contributed by atoms with Crippen molar-refractivity contribution in [3.05, 3.63) is 73.3 Å². The highest BCUT2D eigenvalue weighted by atomic mass is 35.5. The predicted molar refractivity (Wildman–Crippen MR) is 105 cm³/mol. The molecule has 0 aliphatic carbocycles. The monoisotopic (exact) mass is 434 g/mol. The third-order valence-electron chi connectivity index (χ3n) is 4.24. The van der Waals surface area contributed by atoms with E-state index in [1.165, 1.54) is 11.8 Å². The summed E-state index contributed by atoms with van der Waals surface area (Å²) in [6, 6.07) is 6.69. The van der Waals surface area contributed by atoms with Crippen LogP contribution in [-0.2, 0) is 24.9 Å². The van der Waals surface area contributed by atoms with Gasteiger partial charge in [0.05, 0.1) is 19.7 Å². The molecule has 0 spiro atoms. The summed E-state index contributed by atoms with van der Waals surface area (Å²) >= 11 is 5.84. The summed E-state index contributed by atoms with van der Waals surface area (Å²) in [6.07, 6.45) is 0.228. The molecule has 0 saturated heterocycles. The van der Waals surface area contributed by atoms with Crippen molar-refractivity contribution >= 4 is 17.6 Å². The van der Waals surface area contributed by atoms with E-state index in [9.17, 15) is 19.5 Å². The molecule has 0 fully saturated rings. The number of aliphatic hydroxyl groups is 1. The molecule has 0 unspecified atom stereocenters. The quantitative estimate of drug-likeness (QED) is 0.519. The second kappa shape index (κ2) is 9.01. The number of benzene rings is 1. The molecule has 0 bridgehead atoms. The average molecular weight is 435 g/mol. The van der Waals surface area contributed by atoms with E-state index in [1.807, 2.05) is 0 Å². The Morgan fingerprint density at radius 2 is 1.97 bits per heavy atom. The maximum Gasteiger partial charge on any atom is 0.345 e. The topological polar surface area (TPSA) is 134 Å². The van der Waals surface area contributed by atoms with Gasteiger partial charge in [-0.2, -0.15) is 4.80 Å². The number of nitrogens with zero attached hydrogens (tertiary/aromatic N) is 6. The summed E-state index contributed by atoms with van der Waals surface area (Å²) in [6.45, 7) is 1.60. The first-order valence-electron chi connectivity index (χ1n) is 8.98. The molecule has 3 rings (SSSR count). The van der Waals surface area contributed by atoms with Crippen molar-refractivity contribution in [3.63, 3.8) is 0 Å². The molecular weight excluding hydrogens is 416 g/mol. The minimum Gasteiger partial charge on any atom is -0.462 e. The van der Waals surface area contributed by atoms with Gasteiger partial charge in [-0.3, -0.25) is 13.9 Å². The Kier molecular flexibility index (Phi) is 6.43. The Morgan fingerprint density at radius 1 is 1.27 bits per heavy atom. The van der Waals surface area contributed by atoms with Crippen molar-refractivity contribution in [2.75, 3.05) is 6.61 Å². The number of aromatic nitrogens is 6. The number of tetrazole rings is 1. The van der Waals surface area contributed by atoms with Crippen LogP contribution in [0.3, 0.4) is 0 Å². The first-order valence-corrected chi connectivity index (χ1v) is 9.35. The first kappa shape index (κ1) is 21.4. The van der Waals surface area contributed by atoms with E-state index < -0.39 is 23.3 Å². The molecular formula is C18H19ClN6O5. The number of hydrogen-bond donors (Lipinski definition) is 1. The summed E-state index contributed by atoms with van der Waals surface area (Å²) in [5.74, 6) is -0.664. The summed E-state index contributed by atoms with van der Waals surface area (Å²) in [7, 11) is 1.26. The number of hydrogen-bond acceptors (Lipinski definition) is 8. The number of aliphatic hydroxyl groups excluding tert-OH is 1. The van der Waals surface area contributed by atoms with Crippen LogP contribution in [0.1, 0.15) is 34.8 Å². The molecule has 11 nitrogen and oxygen atoms in total. The molecule has 1 atom stereocenters. The summed E-state index contributed by atoms with van der Waals surface area (Å²) in [5.41, 5.74) is -1.04. The predicted octanol–water partition coefficient (Wildman–Crippen LogP) is 0.145.